The number of urea groups is 1. The third-order valence-electron chi connectivity index (χ3n) is 6.73. The highest BCUT2D eigenvalue weighted by Gasteiger charge is 2.72. The highest BCUT2D eigenvalue weighted by molar-refractivity contribution is 5.84. The molecule has 2 bridgehead atoms. The molecule has 0 radical (unpaired) electrons. The van der Waals surface area contributed by atoms with Gasteiger partial charge in [0.1, 0.15) is 17.7 Å². The standard InChI is InChI=1S/C22H27F3N4O5/c1-12(14-2-3-14)33-20(32)28-21-9-22(10-21,11-21)29(17(30)7-27-19(26)31)8-13-4-15(23)6-16(5-13)34-18(24)25/h4-6,12,14,18H,2-3,7-11H2,1H3,(H,28,32)(H3,26,27,31)/t12-,21?,22?/m1/s1. The van der Waals surface area contributed by atoms with Crippen LogP contribution in [-0.4, -0.2) is 53.3 Å². The fraction of sp³-hybridized carbons (Fsp3) is 0.591. The number of hydrogen-bond donors (Lipinski definition) is 3. The number of nitrogens with zero attached hydrogens (tertiary/aromatic N) is 1. The molecule has 0 saturated heterocycles. The van der Waals surface area contributed by atoms with E-state index in [2.05, 4.69) is 15.4 Å². The van der Waals surface area contributed by atoms with Crippen LogP contribution in [0, 0.1) is 11.7 Å². The molecule has 4 aliphatic rings. The average molecular weight is 484 g/mol. The molecule has 0 aliphatic heterocycles. The highest BCUT2D eigenvalue weighted by atomic mass is 19.3. The van der Waals surface area contributed by atoms with Gasteiger partial charge in [0.2, 0.25) is 5.91 Å². The summed E-state index contributed by atoms with van der Waals surface area (Å²) in [6.45, 7) is -1.75. The number of nitrogens with two attached hydrogens (primary N) is 1. The van der Waals surface area contributed by atoms with Crippen LogP contribution >= 0.6 is 0 Å². The van der Waals surface area contributed by atoms with Gasteiger partial charge < -0.3 is 30.7 Å². The van der Waals surface area contributed by atoms with Crippen molar-refractivity contribution in [1.82, 2.24) is 15.5 Å². The third-order valence-corrected chi connectivity index (χ3v) is 6.73. The number of alkyl halides is 2. The number of primary amides is 1. The van der Waals surface area contributed by atoms with Gasteiger partial charge in [-0.15, -0.1) is 0 Å². The molecule has 4 amide bonds. The van der Waals surface area contributed by atoms with E-state index >= 15 is 0 Å². The molecular formula is C22H27F3N4O5. The predicted octanol–water partition coefficient (Wildman–Crippen LogP) is 2.62. The molecule has 186 valence electrons. The maximum absolute atomic E-state index is 14.0. The summed E-state index contributed by atoms with van der Waals surface area (Å²) in [7, 11) is 0. The first-order valence-corrected chi connectivity index (χ1v) is 11.1. The van der Waals surface area contributed by atoms with E-state index in [0.29, 0.717) is 25.2 Å². The minimum atomic E-state index is -3.13. The van der Waals surface area contributed by atoms with E-state index in [-0.39, 0.29) is 30.5 Å². The predicted molar refractivity (Wildman–Crippen MR) is 112 cm³/mol. The second-order valence-electron chi connectivity index (χ2n) is 9.48. The molecule has 4 aliphatic carbocycles. The highest BCUT2D eigenvalue weighted by Crippen LogP contribution is 2.64. The van der Waals surface area contributed by atoms with Crippen LogP contribution in [0.2, 0.25) is 0 Å². The van der Waals surface area contributed by atoms with Gasteiger partial charge in [0.25, 0.3) is 0 Å². The molecule has 0 aromatic heterocycles. The summed E-state index contributed by atoms with van der Waals surface area (Å²) < 4.78 is 48.9. The molecular weight excluding hydrogens is 457 g/mol. The van der Waals surface area contributed by atoms with Crippen molar-refractivity contribution in [3.05, 3.63) is 29.6 Å². The van der Waals surface area contributed by atoms with Crippen LogP contribution in [0.15, 0.2) is 18.2 Å². The van der Waals surface area contributed by atoms with Gasteiger partial charge in [0.05, 0.1) is 17.6 Å². The number of benzene rings is 1. The lowest BCUT2D eigenvalue weighted by Gasteiger charge is -2.73. The molecule has 1 aromatic rings. The van der Waals surface area contributed by atoms with Gasteiger partial charge in [0, 0.05) is 12.6 Å². The van der Waals surface area contributed by atoms with Crippen LogP contribution in [0.1, 0.15) is 44.6 Å². The van der Waals surface area contributed by atoms with Gasteiger partial charge in [-0.2, -0.15) is 8.78 Å². The smallest absolute Gasteiger partial charge is 0.407 e. The molecule has 1 aromatic carbocycles. The van der Waals surface area contributed by atoms with E-state index in [9.17, 15) is 27.6 Å². The Morgan fingerprint density at radius 1 is 1.21 bits per heavy atom. The summed E-state index contributed by atoms with van der Waals surface area (Å²) in [5, 5.41) is 5.13. The number of rotatable bonds is 10. The maximum atomic E-state index is 14.0. The normalized spacial score (nSPS) is 25.4. The molecule has 9 nitrogen and oxygen atoms in total. The zero-order valence-electron chi connectivity index (χ0n) is 18.6. The Morgan fingerprint density at radius 3 is 2.47 bits per heavy atom. The Kier molecular flexibility index (Phi) is 6.26. The van der Waals surface area contributed by atoms with Crippen LogP contribution in [0.3, 0.4) is 0 Å². The van der Waals surface area contributed by atoms with E-state index < -0.39 is 41.5 Å². The van der Waals surface area contributed by atoms with Crippen molar-refractivity contribution in [2.24, 2.45) is 11.7 Å². The van der Waals surface area contributed by atoms with Crippen molar-refractivity contribution in [3.63, 3.8) is 0 Å². The maximum Gasteiger partial charge on any atom is 0.407 e. The average Bonchev–Trinajstić information content (AvgIpc) is 3.50. The number of hydrogen-bond acceptors (Lipinski definition) is 5. The lowest BCUT2D eigenvalue weighted by molar-refractivity contribution is -0.190. The number of halogens is 3. The SMILES string of the molecule is C[C@@H](OC(=O)NC12CC(N(Cc3cc(F)cc(OC(F)F)c3)C(=O)CNC(N)=O)(C1)C2)C1CC1. The summed E-state index contributed by atoms with van der Waals surface area (Å²) in [4.78, 5) is 37.7. The fourth-order valence-corrected chi connectivity index (χ4v) is 5.07. The summed E-state index contributed by atoms with van der Waals surface area (Å²) in [6, 6.07) is 2.29. The topological polar surface area (TPSA) is 123 Å². The first kappa shape index (κ1) is 24.0. The number of nitrogens with one attached hydrogen (secondary N) is 2. The Labute approximate surface area is 194 Å². The number of alkyl carbamates (subject to hydrolysis) is 1. The van der Waals surface area contributed by atoms with Gasteiger partial charge in [-0.1, -0.05) is 0 Å². The number of ether oxygens (including phenoxy) is 2. The van der Waals surface area contributed by atoms with Gasteiger partial charge in [-0.3, -0.25) is 4.79 Å². The largest absolute Gasteiger partial charge is 0.446 e. The van der Waals surface area contributed by atoms with Gasteiger partial charge >= 0.3 is 18.7 Å². The molecule has 1 atom stereocenters. The summed E-state index contributed by atoms with van der Waals surface area (Å²) >= 11 is 0. The van der Waals surface area contributed by atoms with Gasteiger partial charge in [-0.25, -0.2) is 14.0 Å². The fourth-order valence-electron chi connectivity index (χ4n) is 5.07. The number of carbonyl (C=O) groups is 3. The van der Waals surface area contributed by atoms with Crippen LogP contribution in [-0.2, 0) is 16.1 Å². The van der Waals surface area contributed by atoms with Gasteiger partial charge in [-0.05, 0) is 62.6 Å². The van der Waals surface area contributed by atoms with Crippen molar-refractivity contribution in [2.75, 3.05) is 6.54 Å². The second-order valence-corrected chi connectivity index (χ2v) is 9.48. The van der Waals surface area contributed by atoms with Crippen LogP contribution in [0.4, 0.5) is 22.8 Å². The second kappa shape index (κ2) is 8.88. The minimum Gasteiger partial charge on any atom is -0.446 e. The monoisotopic (exact) mass is 484 g/mol. The Bertz CT molecular complexity index is 968. The molecule has 0 unspecified atom stereocenters. The van der Waals surface area contributed by atoms with Crippen molar-refractivity contribution < 1.29 is 37.0 Å². The summed E-state index contributed by atoms with van der Waals surface area (Å²) in [6.07, 6.45) is 2.78. The zero-order valence-corrected chi connectivity index (χ0v) is 18.6. The van der Waals surface area contributed by atoms with E-state index in [4.69, 9.17) is 10.5 Å². The molecule has 0 spiro atoms. The Hall–Kier alpha value is -3.18. The minimum absolute atomic E-state index is 0.101. The molecule has 4 fully saturated rings. The molecule has 5 rings (SSSR count). The van der Waals surface area contributed by atoms with Crippen LogP contribution < -0.4 is 21.1 Å². The van der Waals surface area contributed by atoms with Crippen LogP contribution in [0.25, 0.3) is 0 Å². The van der Waals surface area contributed by atoms with E-state index in [1.807, 2.05) is 6.92 Å². The van der Waals surface area contributed by atoms with Gasteiger partial charge in [0.15, 0.2) is 0 Å². The van der Waals surface area contributed by atoms with Crippen molar-refractivity contribution in [2.45, 2.75) is 69.4 Å². The van der Waals surface area contributed by atoms with E-state index in [1.165, 1.54) is 11.0 Å². The zero-order chi connectivity index (χ0) is 24.7. The molecule has 0 heterocycles. The lowest BCUT2D eigenvalue weighted by Crippen LogP contribution is -2.84. The molecule has 34 heavy (non-hydrogen) atoms. The number of carbonyl (C=O) groups excluding carboxylic acids is 3. The molecule has 4 saturated carbocycles. The first-order chi connectivity index (χ1) is 16.0. The molecule has 12 heteroatoms. The summed E-state index contributed by atoms with van der Waals surface area (Å²) in [5.74, 6) is -1.23. The summed E-state index contributed by atoms with van der Waals surface area (Å²) in [5.41, 5.74) is 4.19. The molecule has 4 N–H and O–H groups in total. The Morgan fingerprint density at radius 2 is 1.88 bits per heavy atom. The van der Waals surface area contributed by atoms with Crippen molar-refractivity contribution in [1.29, 1.82) is 0 Å². The lowest BCUT2D eigenvalue weighted by atomic mass is 9.43. The quantitative estimate of drug-likeness (QED) is 0.471. The third kappa shape index (κ3) is 5.15. The van der Waals surface area contributed by atoms with E-state index in [1.54, 1.807) is 0 Å². The first-order valence-electron chi connectivity index (χ1n) is 11.1. The number of amides is 4. The Balaban J connectivity index is 1.43. The van der Waals surface area contributed by atoms with Crippen LogP contribution in [0.5, 0.6) is 5.75 Å². The van der Waals surface area contributed by atoms with E-state index in [0.717, 1.165) is 25.0 Å². The van der Waals surface area contributed by atoms with Crippen molar-refractivity contribution in [3.8, 4) is 5.75 Å². The van der Waals surface area contributed by atoms with Crippen molar-refractivity contribution >= 4 is 18.0 Å².